The smallest absolute Gasteiger partial charge is 0.221 e. The van der Waals surface area contributed by atoms with Gasteiger partial charge in [0.05, 0.1) is 13.7 Å². The molecule has 32 heavy (non-hydrogen) atoms. The van der Waals surface area contributed by atoms with Gasteiger partial charge >= 0.3 is 0 Å². The van der Waals surface area contributed by atoms with Gasteiger partial charge in [0.25, 0.3) is 0 Å². The molecular weight excluding hydrogens is 426 g/mol. The van der Waals surface area contributed by atoms with E-state index in [1.807, 2.05) is 42.5 Å². The van der Waals surface area contributed by atoms with Crippen LogP contribution < -0.4 is 26.3 Å². The Bertz CT molecular complexity index is 1060. The Hall–Kier alpha value is -3.46. The van der Waals surface area contributed by atoms with Crippen LogP contribution in [0.4, 0.5) is 17.5 Å². The lowest BCUT2D eigenvalue weighted by molar-refractivity contribution is -0.114. The van der Waals surface area contributed by atoms with E-state index in [4.69, 9.17) is 20.9 Å². The zero-order chi connectivity index (χ0) is 22.9. The van der Waals surface area contributed by atoms with Gasteiger partial charge in [-0.05, 0) is 48.4 Å². The highest BCUT2D eigenvalue weighted by Gasteiger charge is 2.09. The molecule has 0 aliphatic rings. The van der Waals surface area contributed by atoms with Crippen LogP contribution in [-0.4, -0.2) is 35.3 Å². The topological polar surface area (TPSA) is 125 Å². The van der Waals surface area contributed by atoms with E-state index in [-0.39, 0.29) is 11.9 Å². The number of hydrogen-bond donors (Lipinski definition) is 3. The largest absolute Gasteiger partial charge is 0.493 e. The summed E-state index contributed by atoms with van der Waals surface area (Å²) in [5.74, 6) is 2.72. The molecule has 0 atom stereocenters. The number of carbonyl (C=O) groups excluding carboxylic acids is 1. The zero-order valence-corrected chi connectivity index (χ0v) is 18.9. The van der Waals surface area contributed by atoms with Gasteiger partial charge in [-0.3, -0.25) is 4.79 Å². The fourth-order valence-corrected chi connectivity index (χ4v) is 3.83. The minimum atomic E-state index is -0.0766. The maximum absolute atomic E-state index is 11.1. The number of amides is 1. The number of anilines is 3. The van der Waals surface area contributed by atoms with Crippen LogP contribution in [-0.2, 0) is 11.2 Å². The van der Waals surface area contributed by atoms with Gasteiger partial charge < -0.3 is 26.3 Å². The summed E-state index contributed by atoms with van der Waals surface area (Å²) >= 11 is 1.74. The first-order valence-electron chi connectivity index (χ1n) is 10.1. The maximum Gasteiger partial charge on any atom is 0.221 e. The van der Waals surface area contributed by atoms with Crippen molar-refractivity contribution in [2.45, 2.75) is 24.7 Å². The Labute approximate surface area is 191 Å². The number of nitrogen functional groups attached to an aromatic ring is 2. The van der Waals surface area contributed by atoms with E-state index in [0.29, 0.717) is 30.3 Å². The number of methoxy groups -OCH3 is 1. The van der Waals surface area contributed by atoms with Crippen molar-refractivity contribution in [2.24, 2.45) is 0 Å². The van der Waals surface area contributed by atoms with Gasteiger partial charge in [-0.15, -0.1) is 11.8 Å². The van der Waals surface area contributed by atoms with Crippen LogP contribution in [0.25, 0.3) is 0 Å². The first-order valence-corrected chi connectivity index (χ1v) is 11.1. The third-order valence-corrected chi connectivity index (χ3v) is 5.63. The van der Waals surface area contributed by atoms with Crippen LogP contribution in [0.5, 0.6) is 11.5 Å². The number of benzene rings is 2. The lowest BCUT2D eigenvalue weighted by atomic mass is 10.1. The first kappa shape index (κ1) is 23.2. The van der Waals surface area contributed by atoms with Gasteiger partial charge in [0, 0.05) is 41.4 Å². The minimum absolute atomic E-state index is 0.0766. The Balaban J connectivity index is 1.51. The molecule has 0 unspecified atom stereocenters. The Morgan fingerprint density at radius 2 is 1.91 bits per heavy atom. The standard InChI is InChI=1S/C23H27N5O3S/c1-15(29)27-18-5-7-19(8-6-18)32-11-3-10-31-21-13-16(4-9-20(21)30-2)12-17-14-26-23(25)28-22(17)24/h4-9,13-14H,3,10-12H2,1-2H3,(H,27,29)(H4,24,25,26,28). The van der Waals surface area contributed by atoms with E-state index in [1.165, 1.54) is 6.92 Å². The van der Waals surface area contributed by atoms with Crippen molar-refractivity contribution >= 4 is 35.1 Å². The summed E-state index contributed by atoms with van der Waals surface area (Å²) in [6.07, 6.45) is 3.07. The number of ether oxygens (including phenoxy) is 2. The Kier molecular flexibility index (Phi) is 8.15. The molecule has 5 N–H and O–H groups in total. The Morgan fingerprint density at radius 3 is 2.59 bits per heavy atom. The molecule has 0 fully saturated rings. The van der Waals surface area contributed by atoms with Crippen LogP contribution in [0.2, 0.25) is 0 Å². The van der Waals surface area contributed by atoms with Gasteiger partial charge in [-0.2, -0.15) is 4.98 Å². The van der Waals surface area contributed by atoms with Gasteiger partial charge in [0.15, 0.2) is 11.5 Å². The van der Waals surface area contributed by atoms with Crippen molar-refractivity contribution in [3.63, 3.8) is 0 Å². The van der Waals surface area contributed by atoms with Crippen molar-refractivity contribution in [1.82, 2.24) is 9.97 Å². The average Bonchev–Trinajstić information content (AvgIpc) is 2.76. The molecule has 1 heterocycles. The van der Waals surface area contributed by atoms with Crippen molar-refractivity contribution in [3.8, 4) is 11.5 Å². The van der Waals surface area contributed by atoms with Crippen molar-refractivity contribution in [1.29, 1.82) is 0 Å². The molecule has 9 heteroatoms. The maximum atomic E-state index is 11.1. The lowest BCUT2D eigenvalue weighted by Crippen LogP contribution is -2.05. The van der Waals surface area contributed by atoms with Gasteiger partial charge in [-0.25, -0.2) is 4.98 Å². The predicted molar refractivity (Wildman–Crippen MR) is 128 cm³/mol. The molecular formula is C23H27N5O3S. The molecule has 0 spiro atoms. The molecule has 0 aliphatic carbocycles. The molecule has 1 amide bonds. The van der Waals surface area contributed by atoms with Gasteiger partial charge in [0.1, 0.15) is 5.82 Å². The summed E-state index contributed by atoms with van der Waals surface area (Å²) in [5, 5.41) is 2.76. The fourth-order valence-electron chi connectivity index (χ4n) is 3.00. The summed E-state index contributed by atoms with van der Waals surface area (Å²) < 4.78 is 11.4. The number of thioether (sulfide) groups is 1. The molecule has 0 bridgehead atoms. The van der Waals surface area contributed by atoms with Crippen LogP contribution >= 0.6 is 11.8 Å². The van der Waals surface area contributed by atoms with Crippen LogP contribution in [0.15, 0.2) is 53.6 Å². The molecule has 3 rings (SSSR count). The number of nitrogens with one attached hydrogen (secondary N) is 1. The summed E-state index contributed by atoms with van der Waals surface area (Å²) in [4.78, 5) is 20.3. The van der Waals surface area contributed by atoms with Crippen molar-refractivity contribution in [3.05, 3.63) is 59.8 Å². The average molecular weight is 454 g/mol. The molecule has 0 aliphatic heterocycles. The number of rotatable bonds is 10. The molecule has 0 saturated carbocycles. The Morgan fingerprint density at radius 1 is 1.12 bits per heavy atom. The third-order valence-electron chi connectivity index (χ3n) is 4.53. The van der Waals surface area contributed by atoms with E-state index in [2.05, 4.69) is 15.3 Å². The number of nitrogens with two attached hydrogens (primary N) is 2. The summed E-state index contributed by atoms with van der Waals surface area (Å²) in [6, 6.07) is 13.6. The molecule has 3 aromatic rings. The van der Waals surface area contributed by atoms with E-state index in [9.17, 15) is 4.79 Å². The number of nitrogens with zero attached hydrogens (tertiary/aromatic N) is 2. The second-order valence-electron chi connectivity index (χ2n) is 7.06. The highest BCUT2D eigenvalue weighted by atomic mass is 32.2. The molecule has 8 nitrogen and oxygen atoms in total. The second kappa shape index (κ2) is 11.2. The first-order chi connectivity index (χ1) is 15.4. The molecule has 0 radical (unpaired) electrons. The second-order valence-corrected chi connectivity index (χ2v) is 8.23. The van der Waals surface area contributed by atoms with E-state index < -0.39 is 0 Å². The highest BCUT2D eigenvalue weighted by Crippen LogP contribution is 2.30. The zero-order valence-electron chi connectivity index (χ0n) is 18.1. The molecule has 2 aromatic carbocycles. The van der Waals surface area contributed by atoms with Gasteiger partial charge in [-0.1, -0.05) is 6.07 Å². The minimum Gasteiger partial charge on any atom is -0.493 e. The SMILES string of the molecule is COc1ccc(Cc2cnc(N)nc2N)cc1OCCCSc1ccc(NC(C)=O)cc1. The van der Waals surface area contributed by atoms with E-state index in [1.54, 1.807) is 25.1 Å². The number of hydrogen-bond acceptors (Lipinski definition) is 8. The molecule has 168 valence electrons. The molecule has 0 saturated heterocycles. The van der Waals surface area contributed by atoms with Crippen molar-refractivity contribution in [2.75, 3.05) is 36.3 Å². The number of aromatic nitrogens is 2. The van der Waals surface area contributed by atoms with Crippen LogP contribution in [0, 0.1) is 0 Å². The third kappa shape index (κ3) is 6.78. The van der Waals surface area contributed by atoms with Crippen LogP contribution in [0.1, 0.15) is 24.5 Å². The van der Waals surface area contributed by atoms with E-state index >= 15 is 0 Å². The summed E-state index contributed by atoms with van der Waals surface area (Å²) in [5.41, 5.74) is 14.1. The lowest BCUT2D eigenvalue weighted by Gasteiger charge is -2.13. The predicted octanol–water partition coefficient (Wildman–Crippen LogP) is 3.76. The summed E-state index contributed by atoms with van der Waals surface area (Å²) in [6.45, 7) is 2.05. The quantitative estimate of drug-likeness (QED) is 0.313. The normalized spacial score (nSPS) is 10.6. The van der Waals surface area contributed by atoms with Gasteiger partial charge in [0.2, 0.25) is 11.9 Å². The fraction of sp³-hybridized carbons (Fsp3) is 0.261. The monoisotopic (exact) mass is 453 g/mol. The van der Waals surface area contributed by atoms with Crippen LogP contribution in [0.3, 0.4) is 0 Å². The number of carbonyl (C=O) groups is 1. The summed E-state index contributed by atoms with van der Waals surface area (Å²) in [7, 11) is 1.62. The molecule has 1 aromatic heterocycles. The van der Waals surface area contributed by atoms with Crippen molar-refractivity contribution < 1.29 is 14.3 Å². The van der Waals surface area contributed by atoms with E-state index in [0.717, 1.165) is 33.9 Å². The highest BCUT2D eigenvalue weighted by molar-refractivity contribution is 7.99.